The van der Waals surface area contributed by atoms with Gasteiger partial charge in [-0.1, -0.05) is 62.7 Å². The summed E-state index contributed by atoms with van der Waals surface area (Å²) in [7, 11) is 0. The molecule has 0 saturated carbocycles. The second kappa shape index (κ2) is 7.70. The topological polar surface area (TPSA) is 49.4 Å². The molecule has 1 aromatic rings. The van der Waals surface area contributed by atoms with E-state index in [1.807, 2.05) is 32.9 Å². The molecule has 6 heteroatoms. The summed E-state index contributed by atoms with van der Waals surface area (Å²) >= 11 is 5.13. The van der Waals surface area contributed by atoms with Crippen LogP contribution in [0.5, 0.6) is 0 Å². The van der Waals surface area contributed by atoms with E-state index in [9.17, 15) is 9.59 Å². The Bertz CT molecular complexity index is 655. The summed E-state index contributed by atoms with van der Waals surface area (Å²) in [6.45, 7) is 10.4. The lowest BCUT2D eigenvalue weighted by atomic mass is 9.84. The van der Waals surface area contributed by atoms with Crippen molar-refractivity contribution in [3.05, 3.63) is 34.3 Å². The molecule has 1 fully saturated rings. The number of benzene rings is 1. The van der Waals surface area contributed by atoms with E-state index in [1.54, 1.807) is 16.7 Å². The lowest BCUT2D eigenvalue weighted by molar-refractivity contribution is -0.144. The highest BCUT2D eigenvalue weighted by atomic mass is 79.9. The minimum Gasteiger partial charge on any atom is -0.353 e. The lowest BCUT2D eigenvalue weighted by Gasteiger charge is -2.31. The van der Waals surface area contributed by atoms with Crippen LogP contribution in [0.3, 0.4) is 0 Å². The molecular weight excluding hydrogens is 400 g/mol. The van der Waals surface area contributed by atoms with Crippen molar-refractivity contribution in [1.82, 2.24) is 10.2 Å². The second-order valence-electron chi connectivity index (χ2n) is 8.15. The SMILES string of the molecule is CC(C)(C)C(=O)N1CSCC1C(=O)NCC(C)(C)c1cccc(Br)c1. The Balaban J connectivity index is 2.03. The zero-order chi connectivity index (χ0) is 18.8. The Morgan fingerprint density at radius 1 is 1.28 bits per heavy atom. The maximum Gasteiger partial charge on any atom is 0.243 e. The molecule has 1 unspecified atom stereocenters. The zero-order valence-electron chi connectivity index (χ0n) is 15.6. The van der Waals surface area contributed by atoms with Crippen LogP contribution in [0.15, 0.2) is 28.7 Å². The third kappa shape index (κ3) is 5.00. The molecule has 1 aromatic carbocycles. The summed E-state index contributed by atoms with van der Waals surface area (Å²) in [5.74, 6) is 1.21. The van der Waals surface area contributed by atoms with Crippen molar-refractivity contribution in [3.8, 4) is 0 Å². The molecule has 1 saturated heterocycles. The highest BCUT2D eigenvalue weighted by molar-refractivity contribution is 9.10. The molecule has 4 nitrogen and oxygen atoms in total. The number of halogens is 1. The molecule has 0 bridgehead atoms. The van der Waals surface area contributed by atoms with Gasteiger partial charge in [0.2, 0.25) is 11.8 Å². The van der Waals surface area contributed by atoms with Crippen molar-refractivity contribution < 1.29 is 9.59 Å². The van der Waals surface area contributed by atoms with Crippen LogP contribution >= 0.6 is 27.7 Å². The molecule has 2 amide bonds. The average Bonchev–Trinajstić information content (AvgIpc) is 3.00. The maximum absolute atomic E-state index is 12.7. The first-order valence-electron chi connectivity index (χ1n) is 8.45. The van der Waals surface area contributed by atoms with Gasteiger partial charge in [-0.25, -0.2) is 0 Å². The van der Waals surface area contributed by atoms with Crippen LogP contribution in [0.25, 0.3) is 0 Å². The van der Waals surface area contributed by atoms with Crippen molar-refractivity contribution in [1.29, 1.82) is 0 Å². The standard InChI is InChI=1S/C19H27BrN2O2S/c1-18(2,3)17(24)22-12-25-10-15(22)16(23)21-11-19(4,5)13-7-6-8-14(20)9-13/h6-9,15H,10-12H2,1-5H3,(H,21,23). The smallest absolute Gasteiger partial charge is 0.243 e. The molecule has 25 heavy (non-hydrogen) atoms. The number of carbonyl (C=O) groups is 2. The van der Waals surface area contributed by atoms with E-state index < -0.39 is 5.41 Å². The average molecular weight is 427 g/mol. The normalized spacial score (nSPS) is 18.3. The van der Waals surface area contributed by atoms with Crippen molar-refractivity contribution in [3.63, 3.8) is 0 Å². The zero-order valence-corrected chi connectivity index (χ0v) is 18.0. The van der Waals surface area contributed by atoms with Gasteiger partial charge in [-0.15, -0.1) is 11.8 Å². The van der Waals surface area contributed by atoms with Gasteiger partial charge in [-0.05, 0) is 17.7 Å². The molecule has 1 heterocycles. The lowest BCUT2D eigenvalue weighted by Crippen LogP contribution is -2.51. The highest BCUT2D eigenvalue weighted by Gasteiger charge is 2.39. The first-order valence-corrected chi connectivity index (χ1v) is 10.4. The minimum absolute atomic E-state index is 0.0314. The fourth-order valence-electron chi connectivity index (χ4n) is 2.73. The van der Waals surface area contributed by atoms with Crippen LogP contribution in [0.4, 0.5) is 0 Å². The third-order valence-corrected chi connectivity index (χ3v) is 5.90. The van der Waals surface area contributed by atoms with Crippen LogP contribution in [0.1, 0.15) is 40.2 Å². The summed E-state index contributed by atoms with van der Waals surface area (Å²) in [6.07, 6.45) is 0. The van der Waals surface area contributed by atoms with E-state index in [4.69, 9.17) is 0 Å². The van der Waals surface area contributed by atoms with Gasteiger partial charge in [-0.3, -0.25) is 9.59 Å². The number of hydrogen-bond acceptors (Lipinski definition) is 3. The van der Waals surface area contributed by atoms with Crippen LogP contribution in [-0.2, 0) is 15.0 Å². The number of carbonyl (C=O) groups excluding carboxylic acids is 2. The highest BCUT2D eigenvalue weighted by Crippen LogP contribution is 2.28. The number of thioether (sulfide) groups is 1. The Kier molecular flexibility index (Phi) is 6.26. The molecule has 138 valence electrons. The Labute approximate surface area is 163 Å². The van der Waals surface area contributed by atoms with Crippen LogP contribution in [0, 0.1) is 5.41 Å². The predicted molar refractivity (Wildman–Crippen MR) is 108 cm³/mol. The van der Waals surface area contributed by atoms with Crippen molar-refractivity contribution in [2.75, 3.05) is 18.2 Å². The molecule has 0 radical (unpaired) electrons. The number of rotatable bonds is 4. The van der Waals surface area contributed by atoms with Crippen molar-refractivity contribution in [2.45, 2.75) is 46.1 Å². The molecule has 2 rings (SSSR count). The van der Waals surface area contributed by atoms with Gasteiger partial charge >= 0.3 is 0 Å². The molecule has 1 aliphatic rings. The number of nitrogens with one attached hydrogen (secondary N) is 1. The quantitative estimate of drug-likeness (QED) is 0.796. The molecular formula is C19H27BrN2O2S. The molecule has 1 N–H and O–H groups in total. The van der Waals surface area contributed by atoms with Crippen LogP contribution < -0.4 is 5.32 Å². The molecule has 1 aliphatic heterocycles. The summed E-state index contributed by atoms with van der Waals surface area (Å²) in [6, 6.07) is 7.75. The largest absolute Gasteiger partial charge is 0.353 e. The van der Waals surface area contributed by atoms with Gasteiger partial charge in [0.1, 0.15) is 6.04 Å². The van der Waals surface area contributed by atoms with Gasteiger partial charge in [0, 0.05) is 27.6 Å². The van der Waals surface area contributed by atoms with Gasteiger partial charge in [0.15, 0.2) is 0 Å². The Hall–Kier alpha value is -1.01. The second-order valence-corrected chi connectivity index (χ2v) is 10.1. The maximum atomic E-state index is 12.7. The molecule has 1 atom stereocenters. The van der Waals surface area contributed by atoms with E-state index in [-0.39, 0.29) is 23.3 Å². The fraction of sp³-hybridized carbons (Fsp3) is 0.579. The Morgan fingerprint density at radius 2 is 1.96 bits per heavy atom. The van der Waals surface area contributed by atoms with Gasteiger partial charge < -0.3 is 10.2 Å². The minimum atomic E-state index is -0.473. The molecule has 0 spiro atoms. The molecule has 0 aliphatic carbocycles. The van der Waals surface area contributed by atoms with Gasteiger partial charge in [-0.2, -0.15) is 0 Å². The predicted octanol–water partition coefficient (Wildman–Crippen LogP) is 3.79. The fourth-order valence-corrected chi connectivity index (χ4v) is 4.28. The van der Waals surface area contributed by atoms with Gasteiger partial charge in [0.05, 0.1) is 5.88 Å². The summed E-state index contributed by atoms with van der Waals surface area (Å²) < 4.78 is 1.03. The summed E-state index contributed by atoms with van der Waals surface area (Å²) in [5, 5.41) is 3.06. The van der Waals surface area contributed by atoms with Crippen molar-refractivity contribution >= 4 is 39.5 Å². The number of nitrogens with zero attached hydrogens (tertiary/aromatic N) is 1. The monoisotopic (exact) mass is 426 g/mol. The van der Waals surface area contributed by atoms with Crippen LogP contribution in [-0.4, -0.2) is 40.9 Å². The number of hydrogen-bond donors (Lipinski definition) is 1. The van der Waals surface area contributed by atoms with Crippen molar-refractivity contribution in [2.24, 2.45) is 5.41 Å². The summed E-state index contributed by atoms with van der Waals surface area (Å²) in [4.78, 5) is 27.0. The van der Waals surface area contributed by atoms with Crippen LogP contribution in [0.2, 0.25) is 0 Å². The molecule has 0 aromatic heterocycles. The van der Waals surface area contributed by atoms with E-state index in [0.29, 0.717) is 18.2 Å². The van der Waals surface area contributed by atoms with E-state index >= 15 is 0 Å². The van der Waals surface area contributed by atoms with Gasteiger partial charge in [0.25, 0.3) is 0 Å². The van der Waals surface area contributed by atoms with E-state index in [2.05, 4.69) is 47.2 Å². The first kappa shape index (κ1) is 20.3. The third-order valence-electron chi connectivity index (χ3n) is 4.40. The first-order chi connectivity index (χ1) is 11.5. The van der Waals surface area contributed by atoms with E-state index in [1.165, 1.54) is 0 Å². The number of amides is 2. The van der Waals surface area contributed by atoms with E-state index in [0.717, 1.165) is 10.0 Å². The summed E-state index contributed by atoms with van der Waals surface area (Å²) in [5.41, 5.74) is 0.494. The Morgan fingerprint density at radius 3 is 2.56 bits per heavy atom.